The molecule has 0 aromatic heterocycles. The first-order chi connectivity index (χ1) is 8.04. The van der Waals surface area contributed by atoms with Gasteiger partial charge in [0.05, 0.1) is 10.8 Å². The number of nitro groups is 1. The Morgan fingerprint density at radius 1 is 1.41 bits per heavy atom. The fourth-order valence-corrected chi connectivity index (χ4v) is 1.55. The van der Waals surface area contributed by atoms with Gasteiger partial charge in [-0.2, -0.15) is 0 Å². The normalized spacial score (nSPS) is 12.1. The van der Waals surface area contributed by atoms with Gasteiger partial charge in [-0.15, -0.1) is 0 Å². The van der Waals surface area contributed by atoms with Gasteiger partial charge in [0.1, 0.15) is 0 Å². The van der Waals surface area contributed by atoms with Gasteiger partial charge in [-0.1, -0.05) is 12.1 Å². The topological polar surface area (TPSA) is 106 Å². The van der Waals surface area contributed by atoms with Gasteiger partial charge in [0.2, 0.25) is 0 Å². The lowest BCUT2D eigenvalue weighted by Crippen LogP contribution is -2.20. The molecule has 0 saturated carbocycles. The lowest BCUT2D eigenvalue weighted by Gasteiger charge is -2.10. The molecule has 92 valence electrons. The van der Waals surface area contributed by atoms with Crippen molar-refractivity contribution in [3.8, 4) is 0 Å². The molecule has 0 aliphatic rings. The van der Waals surface area contributed by atoms with Crippen molar-refractivity contribution < 1.29 is 14.8 Å². The van der Waals surface area contributed by atoms with Gasteiger partial charge in [0.25, 0.3) is 5.69 Å². The average Bonchev–Trinajstić information content (AvgIpc) is 2.29. The fraction of sp³-hybridized carbons (Fsp3) is 0.364. The number of rotatable bonds is 6. The number of hydrogen-bond donors (Lipinski definition) is 2. The third-order valence-electron chi connectivity index (χ3n) is 2.49. The molecule has 0 saturated heterocycles. The summed E-state index contributed by atoms with van der Waals surface area (Å²) in [5, 5.41) is 19.4. The number of nitro benzene ring substituents is 1. The van der Waals surface area contributed by atoms with Crippen molar-refractivity contribution in [2.45, 2.75) is 12.8 Å². The molecule has 1 aromatic rings. The van der Waals surface area contributed by atoms with Crippen LogP contribution in [0.4, 0.5) is 5.69 Å². The second-order valence-corrected chi connectivity index (χ2v) is 3.74. The summed E-state index contributed by atoms with van der Waals surface area (Å²) in [5.41, 5.74) is 6.09. The Morgan fingerprint density at radius 3 is 2.41 bits per heavy atom. The van der Waals surface area contributed by atoms with E-state index in [1.54, 1.807) is 12.1 Å². The summed E-state index contributed by atoms with van der Waals surface area (Å²) in [5.74, 6) is -1.43. The maximum atomic E-state index is 10.9. The van der Waals surface area contributed by atoms with E-state index in [4.69, 9.17) is 10.8 Å². The maximum absolute atomic E-state index is 10.9. The molecule has 0 radical (unpaired) electrons. The van der Waals surface area contributed by atoms with Crippen molar-refractivity contribution in [3.63, 3.8) is 0 Å². The third kappa shape index (κ3) is 3.84. The van der Waals surface area contributed by atoms with Gasteiger partial charge < -0.3 is 10.8 Å². The summed E-state index contributed by atoms with van der Waals surface area (Å²) >= 11 is 0. The van der Waals surface area contributed by atoms with Crippen LogP contribution in [-0.4, -0.2) is 22.5 Å². The van der Waals surface area contributed by atoms with E-state index < -0.39 is 16.8 Å². The molecule has 6 nitrogen and oxygen atoms in total. The Hall–Kier alpha value is -1.95. The van der Waals surface area contributed by atoms with Crippen LogP contribution in [0.15, 0.2) is 24.3 Å². The zero-order chi connectivity index (χ0) is 12.8. The molecule has 1 unspecified atom stereocenters. The quantitative estimate of drug-likeness (QED) is 0.571. The highest BCUT2D eigenvalue weighted by Crippen LogP contribution is 2.16. The molecule has 1 atom stereocenters. The first-order valence-electron chi connectivity index (χ1n) is 5.20. The minimum absolute atomic E-state index is 0.000509. The number of benzene rings is 1. The molecule has 1 rings (SSSR count). The van der Waals surface area contributed by atoms with Gasteiger partial charge in [-0.05, 0) is 24.9 Å². The van der Waals surface area contributed by atoms with Gasteiger partial charge in [-0.25, -0.2) is 0 Å². The highest BCUT2D eigenvalue weighted by atomic mass is 16.6. The van der Waals surface area contributed by atoms with Crippen LogP contribution in [0.2, 0.25) is 0 Å². The van der Waals surface area contributed by atoms with E-state index in [2.05, 4.69) is 0 Å². The molecule has 0 spiro atoms. The first kappa shape index (κ1) is 13.1. The summed E-state index contributed by atoms with van der Waals surface area (Å²) in [4.78, 5) is 20.9. The van der Waals surface area contributed by atoms with E-state index >= 15 is 0 Å². The minimum atomic E-state index is -0.895. The molecular formula is C11H14N2O4. The predicted octanol–water partition coefficient (Wildman–Crippen LogP) is 1.19. The Labute approximate surface area is 98.2 Å². The van der Waals surface area contributed by atoms with E-state index in [0.717, 1.165) is 5.56 Å². The summed E-state index contributed by atoms with van der Waals surface area (Å²) < 4.78 is 0. The smallest absolute Gasteiger partial charge is 0.306 e. The number of hydrogen-bond acceptors (Lipinski definition) is 4. The van der Waals surface area contributed by atoms with Gasteiger partial charge in [0, 0.05) is 12.1 Å². The molecule has 0 amide bonds. The maximum Gasteiger partial charge on any atom is 0.306 e. The number of carboxylic acids is 1. The zero-order valence-electron chi connectivity index (χ0n) is 9.20. The van der Waals surface area contributed by atoms with Crippen molar-refractivity contribution in [1.82, 2.24) is 0 Å². The van der Waals surface area contributed by atoms with E-state index in [1.807, 2.05) is 0 Å². The first-order valence-corrected chi connectivity index (χ1v) is 5.20. The SMILES string of the molecule is NCCC(Cc1ccc([N+](=O)[O-])cc1)C(=O)O. The molecule has 0 heterocycles. The largest absolute Gasteiger partial charge is 0.481 e. The van der Waals surface area contributed by atoms with Crippen LogP contribution >= 0.6 is 0 Å². The Morgan fingerprint density at radius 2 is 2.00 bits per heavy atom. The van der Waals surface area contributed by atoms with Gasteiger partial charge in [0.15, 0.2) is 0 Å². The second-order valence-electron chi connectivity index (χ2n) is 3.74. The third-order valence-corrected chi connectivity index (χ3v) is 2.49. The van der Waals surface area contributed by atoms with Crippen LogP contribution in [0.5, 0.6) is 0 Å². The Bertz CT molecular complexity index is 402. The lowest BCUT2D eigenvalue weighted by atomic mass is 9.96. The second kappa shape index (κ2) is 5.95. The standard InChI is InChI=1S/C11H14N2O4/c12-6-5-9(11(14)15)7-8-1-3-10(4-2-8)13(16)17/h1-4,9H,5-7,12H2,(H,14,15). The molecule has 0 fully saturated rings. The summed E-state index contributed by atoms with van der Waals surface area (Å²) in [6.45, 7) is 0.309. The van der Waals surface area contributed by atoms with Crippen molar-refractivity contribution in [3.05, 3.63) is 39.9 Å². The van der Waals surface area contributed by atoms with Crippen molar-refractivity contribution in [2.24, 2.45) is 11.7 Å². The number of nitrogens with zero attached hydrogens (tertiary/aromatic N) is 1. The van der Waals surface area contributed by atoms with Gasteiger partial charge in [-0.3, -0.25) is 14.9 Å². The highest BCUT2D eigenvalue weighted by molar-refractivity contribution is 5.70. The Balaban J connectivity index is 2.73. The summed E-state index contributed by atoms with van der Waals surface area (Å²) in [6, 6.07) is 5.89. The molecule has 1 aromatic carbocycles. The van der Waals surface area contributed by atoms with E-state index in [0.29, 0.717) is 19.4 Å². The molecule has 3 N–H and O–H groups in total. The van der Waals surface area contributed by atoms with Crippen LogP contribution in [0.25, 0.3) is 0 Å². The zero-order valence-corrected chi connectivity index (χ0v) is 9.20. The number of carbonyl (C=O) groups is 1. The van der Waals surface area contributed by atoms with Crippen molar-refractivity contribution >= 4 is 11.7 Å². The van der Waals surface area contributed by atoms with Crippen LogP contribution < -0.4 is 5.73 Å². The number of aliphatic carboxylic acids is 1. The predicted molar refractivity (Wildman–Crippen MR) is 61.6 cm³/mol. The van der Waals surface area contributed by atoms with Gasteiger partial charge >= 0.3 is 5.97 Å². The number of non-ortho nitro benzene ring substituents is 1. The van der Waals surface area contributed by atoms with Crippen LogP contribution in [0, 0.1) is 16.0 Å². The van der Waals surface area contributed by atoms with Crippen molar-refractivity contribution in [2.75, 3.05) is 6.54 Å². The molecule has 0 bridgehead atoms. The average molecular weight is 238 g/mol. The monoisotopic (exact) mass is 238 g/mol. The molecule has 17 heavy (non-hydrogen) atoms. The fourth-order valence-electron chi connectivity index (χ4n) is 1.55. The molecular weight excluding hydrogens is 224 g/mol. The van der Waals surface area contributed by atoms with Crippen LogP contribution in [0.3, 0.4) is 0 Å². The molecule has 0 aliphatic carbocycles. The minimum Gasteiger partial charge on any atom is -0.481 e. The Kier molecular flexibility index (Phi) is 4.59. The van der Waals surface area contributed by atoms with E-state index in [9.17, 15) is 14.9 Å². The van der Waals surface area contributed by atoms with Crippen LogP contribution in [-0.2, 0) is 11.2 Å². The van der Waals surface area contributed by atoms with E-state index in [1.165, 1.54) is 12.1 Å². The number of nitrogens with two attached hydrogens (primary N) is 1. The lowest BCUT2D eigenvalue weighted by molar-refractivity contribution is -0.384. The summed E-state index contributed by atoms with van der Waals surface area (Å²) in [7, 11) is 0. The van der Waals surface area contributed by atoms with Crippen LogP contribution in [0.1, 0.15) is 12.0 Å². The molecule has 6 heteroatoms. The van der Waals surface area contributed by atoms with Crippen molar-refractivity contribution in [1.29, 1.82) is 0 Å². The van der Waals surface area contributed by atoms with E-state index in [-0.39, 0.29) is 5.69 Å². The highest BCUT2D eigenvalue weighted by Gasteiger charge is 2.17. The molecule has 0 aliphatic heterocycles. The number of carboxylic acid groups (broad SMARTS) is 1. The summed E-state index contributed by atoms with van der Waals surface area (Å²) in [6.07, 6.45) is 0.733.